The van der Waals surface area contributed by atoms with Crippen LogP contribution < -0.4 is 0 Å². The van der Waals surface area contributed by atoms with Crippen molar-refractivity contribution in [1.29, 1.82) is 0 Å². The Morgan fingerprint density at radius 3 is 3.00 bits per heavy atom. The predicted molar refractivity (Wildman–Crippen MR) is 94.9 cm³/mol. The molecule has 0 fully saturated rings. The van der Waals surface area contributed by atoms with Gasteiger partial charge in [0.2, 0.25) is 4.77 Å². The SMILES string of the molecule is Cn1c2c(c3cc(I)ccc31)CC(c1nc(=S)[nH][nH]1)C=C2. The quantitative estimate of drug-likeness (QED) is 0.474. The third-order valence-corrected chi connectivity index (χ3v) is 4.96. The Labute approximate surface area is 140 Å². The molecule has 3 aromatic rings. The minimum Gasteiger partial charge on any atom is -0.344 e. The molecule has 0 radical (unpaired) electrons. The molecule has 1 aliphatic carbocycles. The van der Waals surface area contributed by atoms with Gasteiger partial charge in [-0.05, 0) is 71.1 Å². The first-order chi connectivity index (χ1) is 10.1. The molecule has 106 valence electrons. The zero-order chi connectivity index (χ0) is 14.6. The summed E-state index contributed by atoms with van der Waals surface area (Å²) in [6, 6.07) is 6.61. The van der Waals surface area contributed by atoms with Crippen molar-refractivity contribution in [3.8, 4) is 0 Å². The van der Waals surface area contributed by atoms with Gasteiger partial charge in [0.15, 0.2) is 0 Å². The Hall–Kier alpha value is -1.41. The lowest BCUT2D eigenvalue weighted by molar-refractivity contribution is 0.756. The monoisotopic (exact) mass is 408 g/mol. The van der Waals surface area contributed by atoms with Crippen molar-refractivity contribution < 1.29 is 0 Å². The molecule has 0 bridgehead atoms. The molecule has 2 aromatic heterocycles. The number of allylic oxidation sites excluding steroid dienone is 1. The normalized spacial score (nSPS) is 17.3. The Bertz CT molecular complexity index is 931. The number of fused-ring (bicyclic) bond motifs is 3. The average Bonchev–Trinajstić information content (AvgIpc) is 3.02. The van der Waals surface area contributed by atoms with Crippen LogP contribution in [0.15, 0.2) is 24.3 Å². The van der Waals surface area contributed by atoms with Gasteiger partial charge in [0.1, 0.15) is 5.82 Å². The number of aryl methyl sites for hydroxylation is 1. The fourth-order valence-electron chi connectivity index (χ4n) is 3.08. The van der Waals surface area contributed by atoms with Crippen LogP contribution in [0.25, 0.3) is 17.0 Å². The largest absolute Gasteiger partial charge is 0.344 e. The molecule has 0 spiro atoms. The van der Waals surface area contributed by atoms with E-state index in [1.54, 1.807) is 0 Å². The number of nitrogens with zero attached hydrogens (tertiary/aromatic N) is 2. The summed E-state index contributed by atoms with van der Waals surface area (Å²) in [5.41, 5.74) is 3.96. The second-order valence-electron chi connectivity index (χ2n) is 5.31. The summed E-state index contributed by atoms with van der Waals surface area (Å²) in [6.45, 7) is 0. The van der Waals surface area contributed by atoms with E-state index in [2.05, 4.69) is 79.7 Å². The molecule has 2 heterocycles. The maximum Gasteiger partial charge on any atom is 0.213 e. The van der Waals surface area contributed by atoms with E-state index in [9.17, 15) is 0 Å². The Morgan fingerprint density at radius 1 is 1.38 bits per heavy atom. The van der Waals surface area contributed by atoms with E-state index >= 15 is 0 Å². The maximum absolute atomic E-state index is 5.05. The van der Waals surface area contributed by atoms with Crippen LogP contribution in [0.1, 0.15) is 23.0 Å². The van der Waals surface area contributed by atoms with Gasteiger partial charge in [0.05, 0.1) is 0 Å². The van der Waals surface area contributed by atoms with E-state index in [-0.39, 0.29) is 5.92 Å². The van der Waals surface area contributed by atoms with E-state index < -0.39 is 0 Å². The molecule has 2 N–H and O–H groups in total. The van der Waals surface area contributed by atoms with Crippen molar-refractivity contribution in [2.24, 2.45) is 7.05 Å². The molecule has 4 rings (SSSR count). The van der Waals surface area contributed by atoms with Gasteiger partial charge in [-0.25, -0.2) is 4.98 Å². The molecule has 4 nitrogen and oxygen atoms in total. The lowest BCUT2D eigenvalue weighted by Crippen LogP contribution is -2.08. The van der Waals surface area contributed by atoms with E-state index in [4.69, 9.17) is 12.2 Å². The van der Waals surface area contributed by atoms with E-state index in [1.807, 2.05) is 0 Å². The number of aromatic amines is 2. The second kappa shape index (κ2) is 4.81. The highest BCUT2D eigenvalue weighted by Gasteiger charge is 2.23. The number of aromatic nitrogens is 4. The van der Waals surface area contributed by atoms with Gasteiger partial charge in [-0.3, -0.25) is 10.2 Å². The predicted octanol–water partition coefficient (Wildman–Crippen LogP) is 3.92. The number of hydrogen-bond donors (Lipinski definition) is 2. The standard InChI is InChI=1S/C15H13IN4S/c1-20-12-4-2-8(14-17-15(21)19-18-14)6-10(12)11-7-9(16)3-5-13(11)20/h2-5,7-8H,6H2,1H3,(H2,17,18,19,21). The van der Waals surface area contributed by atoms with Crippen LogP contribution in [0.3, 0.4) is 0 Å². The molecule has 0 amide bonds. The van der Waals surface area contributed by atoms with Gasteiger partial charge in [-0.1, -0.05) is 6.08 Å². The fraction of sp³-hybridized carbons (Fsp3) is 0.200. The van der Waals surface area contributed by atoms with Crippen molar-refractivity contribution >= 4 is 51.8 Å². The molecule has 1 aliphatic rings. The zero-order valence-electron chi connectivity index (χ0n) is 11.4. The first-order valence-corrected chi connectivity index (χ1v) is 8.22. The Balaban J connectivity index is 1.88. The van der Waals surface area contributed by atoms with Crippen LogP contribution >= 0.6 is 34.8 Å². The summed E-state index contributed by atoms with van der Waals surface area (Å²) >= 11 is 7.42. The van der Waals surface area contributed by atoms with Gasteiger partial charge >= 0.3 is 0 Å². The van der Waals surface area contributed by atoms with Crippen LogP contribution in [-0.4, -0.2) is 19.7 Å². The van der Waals surface area contributed by atoms with Crippen LogP contribution in [-0.2, 0) is 13.5 Å². The minimum absolute atomic E-state index is 0.244. The molecule has 21 heavy (non-hydrogen) atoms. The third-order valence-electron chi connectivity index (χ3n) is 4.10. The lowest BCUT2D eigenvalue weighted by Gasteiger charge is -2.15. The van der Waals surface area contributed by atoms with Crippen molar-refractivity contribution in [2.75, 3.05) is 0 Å². The zero-order valence-corrected chi connectivity index (χ0v) is 14.3. The first-order valence-electron chi connectivity index (χ1n) is 6.73. The third kappa shape index (κ3) is 2.08. The molecule has 6 heteroatoms. The molecular weight excluding hydrogens is 395 g/mol. The topological polar surface area (TPSA) is 49.4 Å². The summed E-state index contributed by atoms with van der Waals surface area (Å²) in [4.78, 5) is 4.36. The number of benzene rings is 1. The lowest BCUT2D eigenvalue weighted by atomic mass is 9.91. The van der Waals surface area contributed by atoms with Gasteiger partial charge in [0.25, 0.3) is 0 Å². The average molecular weight is 408 g/mol. The van der Waals surface area contributed by atoms with Gasteiger partial charge in [0, 0.05) is 33.1 Å². The van der Waals surface area contributed by atoms with Gasteiger partial charge in [-0.15, -0.1) is 0 Å². The summed E-state index contributed by atoms with van der Waals surface area (Å²) in [6.07, 6.45) is 5.34. The van der Waals surface area contributed by atoms with Crippen LogP contribution in [0.4, 0.5) is 0 Å². The molecule has 0 aliphatic heterocycles. The number of nitrogens with one attached hydrogen (secondary N) is 2. The minimum atomic E-state index is 0.244. The molecule has 0 saturated carbocycles. The Kier molecular flexibility index (Phi) is 3.04. The highest BCUT2D eigenvalue weighted by Crippen LogP contribution is 2.35. The van der Waals surface area contributed by atoms with Crippen molar-refractivity contribution in [1.82, 2.24) is 19.7 Å². The highest BCUT2D eigenvalue weighted by atomic mass is 127. The first kappa shape index (κ1) is 13.3. The van der Waals surface area contributed by atoms with Crippen molar-refractivity contribution in [3.63, 3.8) is 0 Å². The van der Waals surface area contributed by atoms with E-state index in [0.29, 0.717) is 4.77 Å². The summed E-state index contributed by atoms with van der Waals surface area (Å²) in [5.74, 6) is 1.15. The number of hydrogen-bond acceptors (Lipinski definition) is 2. The van der Waals surface area contributed by atoms with Gasteiger partial charge in [-0.2, -0.15) is 0 Å². The van der Waals surface area contributed by atoms with E-state index in [0.717, 1.165) is 12.2 Å². The van der Waals surface area contributed by atoms with Crippen LogP contribution in [0, 0.1) is 8.34 Å². The summed E-state index contributed by atoms with van der Waals surface area (Å²) in [5, 5.41) is 7.29. The summed E-state index contributed by atoms with van der Waals surface area (Å²) in [7, 11) is 2.13. The molecule has 1 atom stereocenters. The molecular formula is C15H13IN4S. The number of halogens is 1. The second-order valence-corrected chi connectivity index (χ2v) is 6.94. The van der Waals surface area contributed by atoms with Crippen molar-refractivity contribution in [3.05, 3.63) is 49.7 Å². The maximum atomic E-state index is 5.05. The van der Waals surface area contributed by atoms with Crippen LogP contribution in [0.5, 0.6) is 0 Å². The Morgan fingerprint density at radius 2 is 2.24 bits per heavy atom. The number of H-pyrrole nitrogens is 2. The van der Waals surface area contributed by atoms with Gasteiger partial charge < -0.3 is 4.57 Å². The van der Waals surface area contributed by atoms with Crippen molar-refractivity contribution in [2.45, 2.75) is 12.3 Å². The number of rotatable bonds is 1. The molecule has 1 unspecified atom stereocenters. The molecule has 0 saturated heterocycles. The summed E-state index contributed by atoms with van der Waals surface area (Å²) < 4.78 is 4.04. The molecule has 1 aromatic carbocycles. The van der Waals surface area contributed by atoms with Crippen LogP contribution in [0.2, 0.25) is 0 Å². The highest BCUT2D eigenvalue weighted by molar-refractivity contribution is 14.1. The fourth-order valence-corrected chi connectivity index (χ4v) is 3.72. The van der Waals surface area contributed by atoms with E-state index in [1.165, 1.54) is 25.7 Å². The smallest absolute Gasteiger partial charge is 0.213 e.